The first kappa shape index (κ1) is 17.4. The van der Waals surface area contributed by atoms with Crippen LogP contribution in [-0.2, 0) is 4.79 Å². The zero-order chi connectivity index (χ0) is 18.8. The summed E-state index contributed by atoms with van der Waals surface area (Å²) in [7, 11) is 0. The zero-order valence-electron chi connectivity index (χ0n) is 15.2. The van der Waals surface area contributed by atoms with Crippen LogP contribution in [0.4, 0.5) is 16.2 Å². The summed E-state index contributed by atoms with van der Waals surface area (Å²) in [6, 6.07) is 15.6. The molecule has 3 N–H and O–H groups in total. The molecule has 0 unspecified atom stereocenters. The molecule has 1 saturated carbocycles. The van der Waals surface area contributed by atoms with Crippen molar-refractivity contribution in [1.82, 2.24) is 5.32 Å². The van der Waals surface area contributed by atoms with Gasteiger partial charge in [-0.25, -0.2) is 4.79 Å². The molecule has 2 aliphatic rings. The molecule has 1 aliphatic heterocycles. The number of benzene rings is 2. The summed E-state index contributed by atoms with van der Waals surface area (Å²) >= 11 is 0. The fraction of sp³-hybridized carbons (Fsp3) is 0.333. The van der Waals surface area contributed by atoms with Crippen molar-refractivity contribution in [2.24, 2.45) is 0 Å². The van der Waals surface area contributed by atoms with Gasteiger partial charge in [0.05, 0.1) is 11.4 Å². The predicted molar refractivity (Wildman–Crippen MR) is 104 cm³/mol. The first-order chi connectivity index (χ1) is 13.1. The second-order valence-electron chi connectivity index (χ2n) is 7.15. The van der Waals surface area contributed by atoms with Crippen molar-refractivity contribution >= 4 is 23.3 Å². The Morgan fingerprint density at radius 2 is 1.93 bits per heavy atom. The first-order valence-corrected chi connectivity index (χ1v) is 9.33. The van der Waals surface area contributed by atoms with Crippen LogP contribution in [0.25, 0.3) is 0 Å². The third-order valence-electron chi connectivity index (χ3n) is 5.22. The van der Waals surface area contributed by atoms with E-state index in [2.05, 4.69) is 40.2 Å². The van der Waals surface area contributed by atoms with Crippen molar-refractivity contribution in [3.8, 4) is 5.75 Å². The molecule has 2 aromatic carbocycles. The fourth-order valence-electron chi connectivity index (χ4n) is 3.81. The lowest BCUT2D eigenvalue weighted by molar-refractivity contribution is -0.122. The molecule has 0 spiro atoms. The highest BCUT2D eigenvalue weighted by Crippen LogP contribution is 2.37. The SMILES string of the molecule is C[C@H]1Oc2c(NC(=O)N[C@@H]3CC[C@H](c4ccccc4)C3)cccc2NC1=O. The zero-order valence-corrected chi connectivity index (χ0v) is 15.2. The number of hydrogen-bond donors (Lipinski definition) is 3. The van der Waals surface area contributed by atoms with E-state index >= 15 is 0 Å². The van der Waals surface area contributed by atoms with Crippen molar-refractivity contribution in [2.75, 3.05) is 10.6 Å². The molecule has 0 saturated heterocycles. The lowest BCUT2D eigenvalue weighted by Crippen LogP contribution is -2.37. The van der Waals surface area contributed by atoms with E-state index in [1.165, 1.54) is 5.56 Å². The number of urea groups is 1. The molecule has 0 bridgehead atoms. The molecule has 6 heteroatoms. The van der Waals surface area contributed by atoms with Crippen LogP contribution in [0.15, 0.2) is 48.5 Å². The van der Waals surface area contributed by atoms with Gasteiger partial charge in [0, 0.05) is 6.04 Å². The van der Waals surface area contributed by atoms with E-state index in [4.69, 9.17) is 4.74 Å². The van der Waals surface area contributed by atoms with Crippen molar-refractivity contribution in [3.63, 3.8) is 0 Å². The quantitative estimate of drug-likeness (QED) is 0.773. The van der Waals surface area contributed by atoms with Crippen LogP contribution in [0, 0.1) is 0 Å². The van der Waals surface area contributed by atoms with Crippen LogP contribution in [0.2, 0.25) is 0 Å². The van der Waals surface area contributed by atoms with Gasteiger partial charge in [-0.2, -0.15) is 0 Å². The molecule has 3 atom stereocenters. The molecule has 0 radical (unpaired) electrons. The highest BCUT2D eigenvalue weighted by molar-refractivity contribution is 6.01. The Morgan fingerprint density at radius 1 is 1.11 bits per heavy atom. The van der Waals surface area contributed by atoms with E-state index in [9.17, 15) is 9.59 Å². The van der Waals surface area contributed by atoms with E-state index in [1.807, 2.05) is 6.07 Å². The van der Waals surface area contributed by atoms with Gasteiger partial charge in [0.1, 0.15) is 0 Å². The maximum absolute atomic E-state index is 12.5. The van der Waals surface area contributed by atoms with Gasteiger partial charge < -0.3 is 20.7 Å². The monoisotopic (exact) mass is 365 g/mol. The van der Waals surface area contributed by atoms with Crippen molar-refractivity contribution in [3.05, 3.63) is 54.1 Å². The van der Waals surface area contributed by atoms with Crippen LogP contribution in [-0.4, -0.2) is 24.1 Å². The number of nitrogens with one attached hydrogen (secondary N) is 3. The fourth-order valence-corrected chi connectivity index (χ4v) is 3.81. The summed E-state index contributed by atoms with van der Waals surface area (Å²) in [6.45, 7) is 1.68. The summed E-state index contributed by atoms with van der Waals surface area (Å²) in [4.78, 5) is 24.2. The van der Waals surface area contributed by atoms with Gasteiger partial charge in [-0.05, 0) is 49.8 Å². The molecular weight excluding hydrogens is 342 g/mol. The second-order valence-corrected chi connectivity index (χ2v) is 7.15. The molecule has 27 heavy (non-hydrogen) atoms. The Morgan fingerprint density at radius 3 is 2.74 bits per heavy atom. The Labute approximate surface area is 158 Å². The lowest BCUT2D eigenvalue weighted by Gasteiger charge is -2.25. The number of anilines is 2. The Balaban J connectivity index is 1.38. The van der Waals surface area contributed by atoms with Crippen molar-refractivity contribution < 1.29 is 14.3 Å². The molecule has 140 valence electrons. The summed E-state index contributed by atoms with van der Waals surface area (Å²) < 4.78 is 5.67. The lowest BCUT2D eigenvalue weighted by atomic mass is 9.98. The maximum Gasteiger partial charge on any atom is 0.319 e. The number of hydrogen-bond acceptors (Lipinski definition) is 3. The van der Waals surface area contributed by atoms with Crippen LogP contribution in [0.5, 0.6) is 5.75 Å². The standard InChI is InChI=1S/C21H23N3O3/c1-13-20(25)23-17-8-5-9-18(19(17)27-13)24-21(26)22-16-11-10-15(12-16)14-6-3-2-4-7-14/h2-9,13,15-16H,10-12H2,1H3,(H,23,25)(H2,22,24,26)/t13-,15+,16-/m1/s1. The summed E-state index contributed by atoms with van der Waals surface area (Å²) in [5.41, 5.74) is 2.45. The Bertz CT molecular complexity index is 853. The van der Waals surface area contributed by atoms with E-state index < -0.39 is 6.10 Å². The van der Waals surface area contributed by atoms with E-state index in [0.717, 1.165) is 19.3 Å². The summed E-state index contributed by atoms with van der Waals surface area (Å²) in [5, 5.41) is 8.71. The minimum Gasteiger partial charge on any atom is -0.477 e. The average molecular weight is 365 g/mol. The van der Waals surface area contributed by atoms with Crippen LogP contribution in [0.1, 0.15) is 37.7 Å². The highest BCUT2D eigenvalue weighted by Gasteiger charge is 2.28. The van der Waals surface area contributed by atoms with Gasteiger partial charge in [-0.3, -0.25) is 4.79 Å². The van der Waals surface area contributed by atoms with E-state index in [1.54, 1.807) is 25.1 Å². The molecule has 3 amide bonds. The normalized spacial score (nSPS) is 23.7. The van der Waals surface area contributed by atoms with Gasteiger partial charge in [-0.1, -0.05) is 36.4 Å². The van der Waals surface area contributed by atoms with E-state index in [0.29, 0.717) is 23.0 Å². The molecule has 2 aromatic rings. The van der Waals surface area contributed by atoms with Gasteiger partial charge in [0.2, 0.25) is 0 Å². The number of carbonyl (C=O) groups excluding carboxylic acids is 2. The Hall–Kier alpha value is -3.02. The third kappa shape index (κ3) is 3.74. The number of fused-ring (bicyclic) bond motifs is 1. The smallest absolute Gasteiger partial charge is 0.319 e. The minimum atomic E-state index is -0.593. The van der Waals surface area contributed by atoms with Gasteiger partial charge >= 0.3 is 6.03 Å². The number of amides is 3. The predicted octanol–water partition coefficient (Wildman–Crippen LogP) is 3.86. The third-order valence-corrected chi connectivity index (χ3v) is 5.22. The summed E-state index contributed by atoms with van der Waals surface area (Å²) in [6.07, 6.45) is 2.38. The molecule has 1 heterocycles. The van der Waals surface area contributed by atoms with Crippen LogP contribution < -0.4 is 20.7 Å². The van der Waals surface area contributed by atoms with Crippen molar-refractivity contribution in [1.29, 1.82) is 0 Å². The summed E-state index contributed by atoms with van der Waals surface area (Å²) in [5.74, 6) is 0.788. The molecular formula is C21H23N3O3. The highest BCUT2D eigenvalue weighted by atomic mass is 16.5. The maximum atomic E-state index is 12.5. The average Bonchev–Trinajstić information content (AvgIpc) is 3.12. The largest absolute Gasteiger partial charge is 0.477 e. The topological polar surface area (TPSA) is 79.5 Å². The van der Waals surface area contributed by atoms with E-state index in [-0.39, 0.29) is 18.0 Å². The van der Waals surface area contributed by atoms with Crippen molar-refractivity contribution in [2.45, 2.75) is 44.2 Å². The molecule has 1 fully saturated rings. The van der Waals surface area contributed by atoms with Gasteiger partial charge in [-0.15, -0.1) is 0 Å². The number of rotatable bonds is 3. The molecule has 6 nitrogen and oxygen atoms in total. The van der Waals surface area contributed by atoms with Gasteiger partial charge in [0.25, 0.3) is 5.91 Å². The molecule has 4 rings (SSSR count). The number of para-hydroxylation sites is 1. The number of ether oxygens (including phenoxy) is 1. The molecule has 0 aromatic heterocycles. The first-order valence-electron chi connectivity index (χ1n) is 9.33. The minimum absolute atomic E-state index is 0.147. The van der Waals surface area contributed by atoms with Crippen LogP contribution in [0.3, 0.4) is 0 Å². The van der Waals surface area contributed by atoms with Crippen LogP contribution >= 0.6 is 0 Å². The number of carbonyl (C=O) groups is 2. The second kappa shape index (κ2) is 7.31. The van der Waals surface area contributed by atoms with Gasteiger partial charge in [0.15, 0.2) is 11.9 Å². The Kier molecular flexibility index (Phi) is 4.71. The molecule has 1 aliphatic carbocycles.